The maximum atomic E-state index is 6.00. The van der Waals surface area contributed by atoms with Gasteiger partial charge in [-0.15, -0.1) is 0 Å². The van der Waals surface area contributed by atoms with E-state index in [9.17, 15) is 0 Å². The Balaban J connectivity index is 2.57. The standard InChI is InChI=1S/C16H27NO2/c1-13-7-6-8-14(16(2,3)4)15(13)19-12-10-17-9-11-18-5/h6-8,17H,9-12H2,1-5H3/p+1. The van der Waals surface area contributed by atoms with E-state index < -0.39 is 0 Å². The maximum absolute atomic E-state index is 6.00. The van der Waals surface area contributed by atoms with E-state index in [0.717, 1.165) is 32.1 Å². The molecule has 0 radical (unpaired) electrons. The first-order valence-electron chi connectivity index (χ1n) is 7.00. The first-order valence-corrected chi connectivity index (χ1v) is 7.00. The molecule has 1 aromatic rings. The molecule has 1 aromatic carbocycles. The summed E-state index contributed by atoms with van der Waals surface area (Å²) in [6, 6.07) is 6.38. The third-order valence-electron chi connectivity index (χ3n) is 3.11. The van der Waals surface area contributed by atoms with Gasteiger partial charge in [0.1, 0.15) is 18.9 Å². The normalized spacial score (nSPS) is 11.6. The van der Waals surface area contributed by atoms with Crippen molar-refractivity contribution in [2.75, 3.05) is 33.4 Å². The van der Waals surface area contributed by atoms with Crippen molar-refractivity contribution in [3.05, 3.63) is 29.3 Å². The highest BCUT2D eigenvalue weighted by Gasteiger charge is 2.20. The van der Waals surface area contributed by atoms with Crippen molar-refractivity contribution in [3.8, 4) is 5.75 Å². The Hall–Kier alpha value is -1.06. The quantitative estimate of drug-likeness (QED) is 0.765. The van der Waals surface area contributed by atoms with Crippen LogP contribution >= 0.6 is 0 Å². The van der Waals surface area contributed by atoms with Gasteiger partial charge in [0.25, 0.3) is 0 Å². The summed E-state index contributed by atoms with van der Waals surface area (Å²) in [6.07, 6.45) is 0. The summed E-state index contributed by atoms with van der Waals surface area (Å²) in [6.45, 7) is 12.2. The van der Waals surface area contributed by atoms with Crippen molar-refractivity contribution in [2.24, 2.45) is 0 Å². The lowest BCUT2D eigenvalue weighted by Gasteiger charge is -2.24. The molecule has 0 spiro atoms. The Kier molecular flexibility index (Phi) is 6.32. The molecule has 0 saturated carbocycles. The lowest BCUT2D eigenvalue weighted by Crippen LogP contribution is -2.86. The predicted molar refractivity (Wildman–Crippen MR) is 78.9 cm³/mol. The van der Waals surface area contributed by atoms with E-state index in [4.69, 9.17) is 9.47 Å². The number of hydrogen-bond donors (Lipinski definition) is 1. The van der Waals surface area contributed by atoms with Gasteiger partial charge >= 0.3 is 0 Å². The van der Waals surface area contributed by atoms with Crippen molar-refractivity contribution < 1.29 is 14.8 Å². The van der Waals surface area contributed by atoms with Crippen molar-refractivity contribution in [3.63, 3.8) is 0 Å². The largest absolute Gasteiger partial charge is 0.487 e. The Morgan fingerprint density at radius 1 is 1.11 bits per heavy atom. The smallest absolute Gasteiger partial charge is 0.137 e. The first-order chi connectivity index (χ1) is 8.96. The van der Waals surface area contributed by atoms with E-state index >= 15 is 0 Å². The Bertz CT molecular complexity index is 383. The molecule has 0 amide bonds. The third kappa shape index (κ3) is 5.21. The van der Waals surface area contributed by atoms with Crippen LogP contribution in [0.5, 0.6) is 5.75 Å². The fourth-order valence-electron chi connectivity index (χ4n) is 2.02. The number of quaternary nitrogens is 1. The van der Waals surface area contributed by atoms with E-state index in [-0.39, 0.29) is 5.41 Å². The van der Waals surface area contributed by atoms with Gasteiger partial charge in [0.05, 0.1) is 13.2 Å². The molecule has 0 aliphatic rings. The molecule has 0 heterocycles. The number of hydrogen-bond acceptors (Lipinski definition) is 2. The van der Waals surface area contributed by atoms with Crippen LogP contribution in [-0.2, 0) is 10.2 Å². The number of methoxy groups -OCH3 is 1. The second-order valence-corrected chi connectivity index (χ2v) is 5.91. The van der Waals surface area contributed by atoms with Crippen LogP contribution in [0.4, 0.5) is 0 Å². The number of aryl methyl sites for hydroxylation is 1. The highest BCUT2D eigenvalue weighted by molar-refractivity contribution is 5.44. The van der Waals surface area contributed by atoms with Gasteiger partial charge in [-0.25, -0.2) is 0 Å². The topological polar surface area (TPSA) is 35.1 Å². The van der Waals surface area contributed by atoms with Gasteiger partial charge in [0.2, 0.25) is 0 Å². The third-order valence-corrected chi connectivity index (χ3v) is 3.11. The van der Waals surface area contributed by atoms with Gasteiger partial charge in [-0.1, -0.05) is 39.0 Å². The Morgan fingerprint density at radius 3 is 2.42 bits per heavy atom. The SMILES string of the molecule is COCC[NH2+]CCOc1c(C)cccc1C(C)(C)C. The zero-order chi connectivity index (χ0) is 14.3. The van der Waals surface area contributed by atoms with Crippen LogP contribution in [0.1, 0.15) is 31.9 Å². The van der Waals surface area contributed by atoms with Gasteiger partial charge in [0.15, 0.2) is 0 Å². The van der Waals surface area contributed by atoms with E-state index in [2.05, 4.69) is 51.2 Å². The van der Waals surface area contributed by atoms with E-state index in [1.807, 2.05) is 0 Å². The summed E-state index contributed by atoms with van der Waals surface area (Å²) in [7, 11) is 1.73. The molecule has 0 fully saturated rings. The zero-order valence-electron chi connectivity index (χ0n) is 13.0. The second-order valence-electron chi connectivity index (χ2n) is 5.91. The molecule has 0 saturated heterocycles. The van der Waals surface area contributed by atoms with Gasteiger partial charge in [0, 0.05) is 7.11 Å². The molecule has 0 atom stereocenters. The molecule has 2 N–H and O–H groups in total. The molecule has 0 unspecified atom stereocenters. The molecule has 0 aliphatic carbocycles. The number of para-hydroxylation sites is 1. The fourth-order valence-corrected chi connectivity index (χ4v) is 2.02. The average molecular weight is 266 g/mol. The van der Waals surface area contributed by atoms with Crippen molar-refractivity contribution in [1.29, 1.82) is 0 Å². The minimum atomic E-state index is 0.112. The zero-order valence-corrected chi connectivity index (χ0v) is 13.0. The number of rotatable bonds is 7. The summed E-state index contributed by atoms with van der Waals surface area (Å²) >= 11 is 0. The molecule has 0 aliphatic heterocycles. The molecule has 1 rings (SSSR count). The molecule has 19 heavy (non-hydrogen) atoms. The maximum Gasteiger partial charge on any atom is 0.137 e. The van der Waals surface area contributed by atoms with E-state index in [1.165, 1.54) is 11.1 Å². The van der Waals surface area contributed by atoms with Crippen molar-refractivity contribution in [1.82, 2.24) is 0 Å². The molecule has 3 nitrogen and oxygen atoms in total. The highest BCUT2D eigenvalue weighted by atomic mass is 16.5. The molecule has 108 valence electrons. The van der Waals surface area contributed by atoms with Crippen LogP contribution in [0.25, 0.3) is 0 Å². The van der Waals surface area contributed by atoms with Crippen LogP contribution in [-0.4, -0.2) is 33.4 Å². The van der Waals surface area contributed by atoms with Crippen molar-refractivity contribution >= 4 is 0 Å². The van der Waals surface area contributed by atoms with Gasteiger partial charge < -0.3 is 14.8 Å². The lowest BCUT2D eigenvalue weighted by molar-refractivity contribution is -0.656. The molecular weight excluding hydrogens is 238 g/mol. The fraction of sp³-hybridized carbons (Fsp3) is 0.625. The lowest BCUT2D eigenvalue weighted by atomic mass is 9.85. The van der Waals surface area contributed by atoms with E-state index in [0.29, 0.717) is 0 Å². The van der Waals surface area contributed by atoms with Gasteiger partial charge in [-0.05, 0) is 23.5 Å². The second kappa shape index (κ2) is 7.51. The van der Waals surface area contributed by atoms with Crippen LogP contribution < -0.4 is 10.1 Å². The van der Waals surface area contributed by atoms with E-state index in [1.54, 1.807) is 7.11 Å². The number of ether oxygens (including phenoxy) is 2. The number of nitrogens with two attached hydrogens (primary N) is 1. The van der Waals surface area contributed by atoms with Crippen LogP contribution in [0, 0.1) is 6.92 Å². The minimum absolute atomic E-state index is 0.112. The molecule has 3 heteroatoms. The summed E-state index contributed by atoms with van der Waals surface area (Å²) in [5, 5.41) is 2.22. The molecule has 0 bridgehead atoms. The summed E-state index contributed by atoms with van der Waals surface area (Å²) in [4.78, 5) is 0. The van der Waals surface area contributed by atoms with Crippen molar-refractivity contribution in [2.45, 2.75) is 33.1 Å². The highest BCUT2D eigenvalue weighted by Crippen LogP contribution is 2.33. The Labute approximate surface area is 117 Å². The Morgan fingerprint density at radius 2 is 1.79 bits per heavy atom. The minimum Gasteiger partial charge on any atom is -0.487 e. The molecule has 0 aromatic heterocycles. The van der Waals surface area contributed by atoms with Crippen LogP contribution in [0.15, 0.2) is 18.2 Å². The van der Waals surface area contributed by atoms with Gasteiger partial charge in [-0.2, -0.15) is 0 Å². The number of benzene rings is 1. The predicted octanol–water partition coefficient (Wildman–Crippen LogP) is 1.88. The summed E-state index contributed by atoms with van der Waals surface area (Å²) < 4.78 is 11.0. The summed E-state index contributed by atoms with van der Waals surface area (Å²) in [5.41, 5.74) is 2.61. The monoisotopic (exact) mass is 266 g/mol. The van der Waals surface area contributed by atoms with Crippen LogP contribution in [0.2, 0.25) is 0 Å². The molecular formula is C16H28NO2+. The first kappa shape index (κ1) is 16.0. The summed E-state index contributed by atoms with van der Waals surface area (Å²) in [5.74, 6) is 1.05. The van der Waals surface area contributed by atoms with Gasteiger partial charge in [-0.3, -0.25) is 0 Å². The average Bonchev–Trinajstić information content (AvgIpc) is 2.33. The van der Waals surface area contributed by atoms with Crippen LogP contribution in [0.3, 0.4) is 0 Å².